The van der Waals surface area contributed by atoms with Crippen molar-refractivity contribution in [1.82, 2.24) is 4.98 Å². The van der Waals surface area contributed by atoms with E-state index in [9.17, 15) is 14.7 Å². The Labute approximate surface area is 200 Å². The molecule has 2 bridgehead atoms. The summed E-state index contributed by atoms with van der Waals surface area (Å²) in [6, 6.07) is 6.64. The molecule has 184 valence electrons. The Morgan fingerprint density at radius 2 is 1.91 bits per heavy atom. The first-order valence-electron chi connectivity index (χ1n) is 12.0. The molecule has 7 heteroatoms. The van der Waals surface area contributed by atoms with E-state index in [-0.39, 0.29) is 17.8 Å². The number of benzene rings is 1. The average molecular weight is 469 g/mol. The van der Waals surface area contributed by atoms with Crippen molar-refractivity contribution >= 4 is 28.6 Å². The standard InChI is InChI=1S/C27H36N2O5/c1-25(2,3)34-23(30)19(28-21-13-15-12-20(26(15,4)5)27(21,6)32)14-17-16-10-8-9-11-18(16)29-22(17)24(31)33-7/h8-11,15,19-20,29,32H,12-14H2,1-7H3/t15-,19+,20-,27-/m0/s1. The van der Waals surface area contributed by atoms with Crippen LogP contribution in [-0.2, 0) is 20.7 Å². The maximum Gasteiger partial charge on any atom is 0.354 e. The number of aromatic nitrogens is 1. The minimum absolute atomic E-state index is 0.0405. The van der Waals surface area contributed by atoms with Gasteiger partial charge in [-0.05, 0) is 69.4 Å². The molecule has 0 saturated heterocycles. The molecule has 3 saturated carbocycles. The number of carbonyl (C=O) groups is 2. The van der Waals surface area contributed by atoms with Crippen LogP contribution in [0.2, 0.25) is 0 Å². The van der Waals surface area contributed by atoms with Gasteiger partial charge in [-0.2, -0.15) is 0 Å². The fourth-order valence-corrected chi connectivity index (χ4v) is 5.76. The summed E-state index contributed by atoms with van der Waals surface area (Å²) in [6.45, 7) is 11.6. The SMILES string of the molecule is COC(=O)c1[nH]c2ccccc2c1C[C@@H](N=C1C[C@@H]2C[C@@H](C2(C)C)[C@]1(C)O)C(=O)OC(C)(C)C. The third kappa shape index (κ3) is 4.15. The molecule has 5 rings (SSSR count). The molecule has 0 spiro atoms. The summed E-state index contributed by atoms with van der Waals surface area (Å²) in [7, 11) is 1.33. The van der Waals surface area contributed by atoms with Crippen molar-refractivity contribution in [2.45, 2.75) is 78.0 Å². The monoisotopic (exact) mass is 468 g/mol. The number of hydrogen-bond acceptors (Lipinski definition) is 6. The third-order valence-corrected chi connectivity index (χ3v) is 7.76. The Balaban J connectivity index is 1.77. The van der Waals surface area contributed by atoms with Gasteiger partial charge in [0.1, 0.15) is 16.9 Å². The van der Waals surface area contributed by atoms with E-state index >= 15 is 0 Å². The molecule has 4 atom stereocenters. The Kier molecular flexibility index (Phi) is 5.91. The van der Waals surface area contributed by atoms with E-state index < -0.39 is 29.2 Å². The topological polar surface area (TPSA) is 101 Å². The van der Waals surface area contributed by atoms with Crippen LogP contribution in [0, 0.1) is 17.3 Å². The van der Waals surface area contributed by atoms with Crippen molar-refractivity contribution in [3.05, 3.63) is 35.5 Å². The maximum absolute atomic E-state index is 13.3. The molecule has 3 aliphatic carbocycles. The van der Waals surface area contributed by atoms with Gasteiger partial charge in [-0.25, -0.2) is 9.59 Å². The Hall–Kier alpha value is -2.67. The number of hydrogen-bond donors (Lipinski definition) is 2. The van der Waals surface area contributed by atoms with Crippen LogP contribution >= 0.6 is 0 Å². The summed E-state index contributed by atoms with van der Waals surface area (Å²) < 4.78 is 10.7. The lowest BCUT2D eigenvalue weighted by atomic mass is 9.44. The lowest BCUT2D eigenvalue weighted by Gasteiger charge is -2.62. The number of ether oxygens (including phenoxy) is 2. The first-order valence-corrected chi connectivity index (χ1v) is 12.0. The highest BCUT2D eigenvalue weighted by atomic mass is 16.6. The van der Waals surface area contributed by atoms with Gasteiger partial charge >= 0.3 is 11.9 Å². The molecule has 34 heavy (non-hydrogen) atoms. The number of aliphatic hydroxyl groups is 1. The molecule has 2 aromatic rings. The van der Waals surface area contributed by atoms with E-state index in [2.05, 4.69) is 18.8 Å². The summed E-state index contributed by atoms with van der Waals surface area (Å²) in [4.78, 5) is 33.9. The zero-order valence-corrected chi connectivity index (χ0v) is 21.2. The second kappa shape index (κ2) is 8.22. The average Bonchev–Trinajstić information content (AvgIpc) is 3.10. The van der Waals surface area contributed by atoms with Crippen molar-refractivity contribution in [1.29, 1.82) is 0 Å². The van der Waals surface area contributed by atoms with E-state index in [1.165, 1.54) is 7.11 Å². The van der Waals surface area contributed by atoms with Crippen LogP contribution in [0.5, 0.6) is 0 Å². The van der Waals surface area contributed by atoms with Gasteiger partial charge in [0.15, 0.2) is 6.04 Å². The Morgan fingerprint density at radius 1 is 1.24 bits per heavy atom. The number of aliphatic imine (C=N–C) groups is 1. The number of methoxy groups -OCH3 is 1. The maximum atomic E-state index is 13.3. The lowest BCUT2D eigenvalue weighted by Crippen LogP contribution is -2.65. The van der Waals surface area contributed by atoms with Gasteiger partial charge in [0.05, 0.1) is 7.11 Å². The van der Waals surface area contributed by atoms with Crippen LogP contribution in [0.3, 0.4) is 0 Å². The largest absolute Gasteiger partial charge is 0.464 e. The predicted octanol–water partition coefficient (Wildman–Crippen LogP) is 4.47. The zero-order chi connectivity index (χ0) is 25.1. The molecule has 7 nitrogen and oxygen atoms in total. The quantitative estimate of drug-likeness (QED) is 0.631. The molecular weight excluding hydrogens is 432 g/mol. The Morgan fingerprint density at radius 3 is 2.50 bits per heavy atom. The fourth-order valence-electron chi connectivity index (χ4n) is 5.76. The summed E-state index contributed by atoms with van der Waals surface area (Å²) in [6.07, 6.45) is 1.76. The van der Waals surface area contributed by atoms with Crippen molar-refractivity contribution in [3.8, 4) is 0 Å². The minimum atomic E-state index is -1.09. The molecule has 0 aliphatic heterocycles. The number of para-hydroxylation sites is 1. The molecule has 2 N–H and O–H groups in total. The van der Waals surface area contributed by atoms with Gasteiger partial charge in [-0.15, -0.1) is 0 Å². The highest BCUT2D eigenvalue weighted by molar-refractivity contribution is 5.99. The van der Waals surface area contributed by atoms with Gasteiger partial charge < -0.3 is 19.6 Å². The van der Waals surface area contributed by atoms with Crippen molar-refractivity contribution in [3.63, 3.8) is 0 Å². The molecule has 1 aromatic heterocycles. The number of carbonyl (C=O) groups excluding carboxylic acids is 2. The van der Waals surface area contributed by atoms with Crippen LogP contribution in [-0.4, -0.2) is 52.1 Å². The number of aromatic amines is 1. The predicted molar refractivity (Wildman–Crippen MR) is 131 cm³/mol. The van der Waals surface area contributed by atoms with Crippen LogP contribution in [0.15, 0.2) is 29.3 Å². The molecule has 0 amide bonds. The van der Waals surface area contributed by atoms with Gasteiger partial charge in [0.25, 0.3) is 0 Å². The van der Waals surface area contributed by atoms with Gasteiger partial charge in [0, 0.05) is 23.0 Å². The minimum Gasteiger partial charge on any atom is -0.464 e. The van der Waals surface area contributed by atoms with Crippen molar-refractivity contribution in [2.75, 3.05) is 7.11 Å². The number of esters is 2. The first-order chi connectivity index (χ1) is 15.8. The number of nitrogens with one attached hydrogen (secondary N) is 1. The van der Waals surface area contributed by atoms with E-state index in [4.69, 9.17) is 14.5 Å². The third-order valence-electron chi connectivity index (χ3n) is 7.76. The zero-order valence-electron chi connectivity index (χ0n) is 21.2. The van der Waals surface area contributed by atoms with E-state index in [0.717, 1.165) is 17.3 Å². The van der Waals surface area contributed by atoms with Gasteiger partial charge in [-0.3, -0.25) is 4.99 Å². The molecule has 1 aromatic carbocycles. The van der Waals surface area contributed by atoms with Crippen LogP contribution < -0.4 is 0 Å². The number of H-pyrrole nitrogens is 1. The molecular formula is C27H36N2O5. The second-order valence-electron chi connectivity index (χ2n) is 11.5. The second-order valence-corrected chi connectivity index (χ2v) is 11.5. The van der Waals surface area contributed by atoms with Crippen LogP contribution in [0.1, 0.15) is 70.4 Å². The highest BCUT2D eigenvalue weighted by Crippen LogP contribution is 2.61. The van der Waals surface area contributed by atoms with Gasteiger partial charge in [0.2, 0.25) is 0 Å². The summed E-state index contributed by atoms with van der Waals surface area (Å²) in [5.74, 6) is -0.463. The molecule has 1 heterocycles. The molecule has 0 radical (unpaired) electrons. The van der Waals surface area contributed by atoms with E-state index in [1.54, 1.807) is 0 Å². The summed E-state index contributed by atoms with van der Waals surface area (Å²) >= 11 is 0. The smallest absolute Gasteiger partial charge is 0.354 e. The highest BCUT2D eigenvalue weighted by Gasteiger charge is 2.61. The fraction of sp³-hybridized carbons (Fsp3) is 0.593. The number of nitrogens with zero attached hydrogens (tertiary/aromatic N) is 1. The number of rotatable bonds is 5. The summed E-state index contributed by atoms with van der Waals surface area (Å²) in [5.41, 5.74) is 0.632. The van der Waals surface area contributed by atoms with Crippen molar-refractivity contribution in [2.24, 2.45) is 22.2 Å². The first kappa shape index (κ1) is 24.5. The molecule has 3 aliphatic rings. The molecule has 0 unspecified atom stereocenters. The normalized spacial score (nSPS) is 27.8. The number of fused-ring (bicyclic) bond motifs is 3. The summed E-state index contributed by atoms with van der Waals surface area (Å²) in [5, 5.41) is 12.3. The van der Waals surface area contributed by atoms with Gasteiger partial charge in [-0.1, -0.05) is 32.0 Å². The lowest BCUT2D eigenvalue weighted by molar-refractivity contribution is -0.156. The van der Waals surface area contributed by atoms with E-state index in [0.29, 0.717) is 29.3 Å². The van der Waals surface area contributed by atoms with E-state index in [1.807, 2.05) is 52.0 Å². The Bertz CT molecular complexity index is 1150. The van der Waals surface area contributed by atoms with Crippen molar-refractivity contribution < 1.29 is 24.2 Å². The van der Waals surface area contributed by atoms with Crippen LogP contribution in [0.4, 0.5) is 0 Å². The molecule has 3 fully saturated rings. The van der Waals surface area contributed by atoms with Crippen LogP contribution in [0.25, 0.3) is 10.9 Å².